The molecule has 0 bridgehead atoms. The Morgan fingerprint density at radius 3 is 2.43 bits per heavy atom. The van der Waals surface area contributed by atoms with Crippen LogP contribution in [0.2, 0.25) is 0 Å². The van der Waals surface area contributed by atoms with Crippen molar-refractivity contribution in [1.29, 1.82) is 0 Å². The molecule has 0 aromatic heterocycles. The molecule has 0 amide bonds. The van der Waals surface area contributed by atoms with Gasteiger partial charge in [-0.2, -0.15) is 0 Å². The van der Waals surface area contributed by atoms with Gasteiger partial charge in [0.05, 0.1) is 18.0 Å². The largest absolute Gasteiger partial charge is 0.492 e. The third-order valence-electron chi connectivity index (χ3n) is 2.60. The number of carbonyl (C=O) groups excluding carboxylic acids is 1. The van der Waals surface area contributed by atoms with Gasteiger partial charge < -0.3 is 9.47 Å². The van der Waals surface area contributed by atoms with Gasteiger partial charge in [0.2, 0.25) is 10.0 Å². The number of carbonyl (C=O) groups is 1. The lowest BCUT2D eigenvalue weighted by molar-refractivity contribution is -0.144. The molecule has 8 heteroatoms. The van der Waals surface area contributed by atoms with E-state index < -0.39 is 10.0 Å². The van der Waals surface area contributed by atoms with Crippen molar-refractivity contribution in [2.75, 3.05) is 33.4 Å². The molecular formula is C13H20N2O5S. The van der Waals surface area contributed by atoms with Crippen molar-refractivity contribution in [3.63, 3.8) is 0 Å². The Balaban J connectivity index is 2.37. The first-order valence-corrected chi connectivity index (χ1v) is 7.97. The minimum Gasteiger partial charge on any atom is -0.492 e. The van der Waals surface area contributed by atoms with Gasteiger partial charge in [-0.05, 0) is 38.2 Å². The molecule has 0 aliphatic rings. The van der Waals surface area contributed by atoms with Crippen molar-refractivity contribution in [3.8, 4) is 5.75 Å². The summed E-state index contributed by atoms with van der Waals surface area (Å²) in [6.45, 7) is 3.22. The molecule has 1 aromatic rings. The summed E-state index contributed by atoms with van der Waals surface area (Å²) in [5.41, 5.74) is 0. The lowest BCUT2D eigenvalue weighted by atomic mass is 10.3. The zero-order chi connectivity index (χ0) is 15.9. The molecule has 0 fully saturated rings. The van der Waals surface area contributed by atoms with Gasteiger partial charge in [-0.15, -0.1) is 0 Å². The SMILES string of the molecule is CCOC(=O)CN(C)CCOc1ccc(S(N)(=O)=O)cc1. The van der Waals surface area contributed by atoms with Crippen LogP contribution in [0.3, 0.4) is 0 Å². The first-order valence-electron chi connectivity index (χ1n) is 6.42. The number of nitrogens with two attached hydrogens (primary N) is 1. The molecule has 0 saturated heterocycles. The highest BCUT2D eigenvalue weighted by molar-refractivity contribution is 7.89. The average molecular weight is 316 g/mol. The van der Waals surface area contributed by atoms with Crippen LogP contribution in [0, 0.1) is 0 Å². The normalized spacial score (nSPS) is 11.4. The zero-order valence-electron chi connectivity index (χ0n) is 12.1. The van der Waals surface area contributed by atoms with E-state index in [4.69, 9.17) is 14.6 Å². The summed E-state index contributed by atoms with van der Waals surface area (Å²) < 4.78 is 32.5. The highest BCUT2D eigenvalue weighted by atomic mass is 32.2. The van der Waals surface area contributed by atoms with Crippen LogP contribution in [0.5, 0.6) is 5.75 Å². The van der Waals surface area contributed by atoms with Crippen molar-refractivity contribution in [3.05, 3.63) is 24.3 Å². The van der Waals surface area contributed by atoms with Crippen LogP contribution in [-0.2, 0) is 19.6 Å². The summed E-state index contributed by atoms with van der Waals surface area (Å²) in [4.78, 5) is 13.1. The summed E-state index contributed by atoms with van der Waals surface area (Å²) in [6.07, 6.45) is 0. The molecule has 118 valence electrons. The lowest BCUT2D eigenvalue weighted by Crippen LogP contribution is -2.30. The third kappa shape index (κ3) is 6.56. The molecule has 0 saturated carbocycles. The number of likely N-dealkylation sites (N-methyl/N-ethyl adjacent to an activating group) is 1. The molecule has 0 aliphatic heterocycles. The summed E-state index contributed by atoms with van der Waals surface area (Å²) in [5.74, 6) is 0.254. The number of nitrogens with zero attached hydrogens (tertiary/aromatic N) is 1. The van der Waals surface area contributed by atoms with Crippen molar-refractivity contribution in [2.45, 2.75) is 11.8 Å². The maximum atomic E-state index is 11.2. The number of hydrogen-bond acceptors (Lipinski definition) is 6. The van der Waals surface area contributed by atoms with Gasteiger partial charge >= 0.3 is 5.97 Å². The number of rotatable bonds is 8. The first-order chi connectivity index (χ1) is 9.82. The fourth-order valence-electron chi connectivity index (χ4n) is 1.55. The Morgan fingerprint density at radius 2 is 1.90 bits per heavy atom. The van der Waals surface area contributed by atoms with E-state index in [-0.39, 0.29) is 17.4 Å². The van der Waals surface area contributed by atoms with E-state index in [1.807, 2.05) is 0 Å². The number of sulfonamides is 1. The molecule has 0 radical (unpaired) electrons. The van der Waals surface area contributed by atoms with Crippen LogP contribution in [0.4, 0.5) is 0 Å². The van der Waals surface area contributed by atoms with Crippen molar-refractivity contribution < 1.29 is 22.7 Å². The quantitative estimate of drug-likeness (QED) is 0.688. The number of esters is 1. The highest BCUT2D eigenvalue weighted by Crippen LogP contribution is 2.14. The third-order valence-corrected chi connectivity index (χ3v) is 3.53. The van der Waals surface area contributed by atoms with E-state index in [9.17, 15) is 13.2 Å². The maximum absolute atomic E-state index is 11.2. The molecular weight excluding hydrogens is 296 g/mol. The first kappa shape index (κ1) is 17.4. The van der Waals surface area contributed by atoms with Gasteiger partial charge in [0, 0.05) is 6.54 Å². The smallest absolute Gasteiger partial charge is 0.320 e. The fourth-order valence-corrected chi connectivity index (χ4v) is 2.07. The molecule has 0 spiro atoms. The molecule has 7 nitrogen and oxygen atoms in total. The van der Waals surface area contributed by atoms with Gasteiger partial charge in [0.1, 0.15) is 12.4 Å². The van der Waals surface area contributed by atoms with Crippen LogP contribution in [0.1, 0.15) is 6.92 Å². The maximum Gasteiger partial charge on any atom is 0.320 e. The standard InChI is InChI=1S/C13H20N2O5S/c1-3-19-13(16)10-15(2)8-9-20-11-4-6-12(7-5-11)21(14,17)18/h4-7H,3,8-10H2,1-2H3,(H2,14,17,18). The molecule has 0 heterocycles. The number of primary sulfonamides is 1. The molecule has 0 aliphatic carbocycles. The Morgan fingerprint density at radius 1 is 1.29 bits per heavy atom. The summed E-state index contributed by atoms with van der Waals surface area (Å²) in [6, 6.07) is 5.83. The average Bonchev–Trinajstić information content (AvgIpc) is 2.38. The molecule has 0 atom stereocenters. The Bertz CT molecular complexity index is 556. The zero-order valence-corrected chi connectivity index (χ0v) is 12.9. The van der Waals surface area contributed by atoms with Gasteiger partial charge in [-0.1, -0.05) is 0 Å². The fraction of sp³-hybridized carbons (Fsp3) is 0.462. The van der Waals surface area contributed by atoms with Gasteiger partial charge in [-0.25, -0.2) is 13.6 Å². The van der Waals surface area contributed by atoms with E-state index in [1.54, 1.807) is 18.9 Å². The van der Waals surface area contributed by atoms with E-state index >= 15 is 0 Å². The van der Waals surface area contributed by atoms with Crippen molar-refractivity contribution in [2.24, 2.45) is 5.14 Å². The molecule has 0 unspecified atom stereocenters. The Hall–Kier alpha value is -1.64. The van der Waals surface area contributed by atoms with Crippen LogP contribution in [0.15, 0.2) is 29.2 Å². The van der Waals surface area contributed by atoms with E-state index in [0.29, 0.717) is 25.5 Å². The van der Waals surface area contributed by atoms with Crippen LogP contribution in [-0.4, -0.2) is 52.6 Å². The van der Waals surface area contributed by atoms with E-state index in [0.717, 1.165) is 0 Å². The second kappa shape index (κ2) is 7.96. The van der Waals surface area contributed by atoms with Gasteiger partial charge in [0.25, 0.3) is 0 Å². The van der Waals surface area contributed by atoms with Crippen LogP contribution >= 0.6 is 0 Å². The monoisotopic (exact) mass is 316 g/mol. The van der Waals surface area contributed by atoms with Crippen LogP contribution in [0.25, 0.3) is 0 Å². The van der Waals surface area contributed by atoms with Gasteiger partial charge in [-0.3, -0.25) is 9.69 Å². The molecule has 1 aromatic carbocycles. The minimum absolute atomic E-state index is 0.0364. The molecule has 21 heavy (non-hydrogen) atoms. The number of hydrogen-bond donors (Lipinski definition) is 1. The summed E-state index contributed by atoms with van der Waals surface area (Å²) in [7, 11) is -1.91. The Labute approximate surface area is 124 Å². The lowest BCUT2D eigenvalue weighted by Gasteiger charge is -2.15. The van der Waals surface area contributed by atoms with E-state index in [1.165, 1.54) is 24.3 Å². The van der Waals surface area contributed by atoms with Crippen molar-refractivity contribution >= 4 is 16.0 Å². The molecule has 2 N–H and O–H groups in total. The number of ether oxygens (including phenoxy) is 2. The summed E-state index contributed by atoms with van der Waals surface area (Å²) >= 11 is 0. The second-order valence-electron chi connectivity index (χ2n) is 4.41. The second-order valence-corrected chi connectivity index (χ2v) is 5.97. The molecule has 1 rings (SSSR count). The summed E-state index contributed by atoms with van der Waals surface area (Å²) in [5, 5.41) is 5.00. The predicted octanol–water partition coefficient (Wildman–Crippen LogP) is 0.208. The minimum atomic E-state index is -3.69. The van der Waals surface area contributed by atoms with Crippen molar-refractivity contribution in [1.82, 2.24) is 4.90 Å². The Kier molecular flexibility index (Phi) is 6.60. The predicted molar refractivity (Wildman–Crippen MR) is 77.4 cm³/mol. The van der Waals surface area contributed by atoms with E-state index in [2.05, 4.69) is 0 Å². The highest BCUT2D eigenvalue weighted by Gasteiger charge is 2.08. The number of benzene rings is 1. The van der Waals surface area contributed by atoms with Crippen LogP contribution < -0.4 is 9.88 Å². The topological polar surface area (TPSA) is 98.9 Å². The van der Waals surface area contributed by atoms with Gasteiger partial charge in [0.15, 0.2) is 0 Å².